The fourth-order valence-corrected chi connectivity index (χ4v) is 6.35. The molecule has 5 fully saturated rings. The molecule has 5 nitrogen and oxygen atoms in total. The van der Waals surface area contributed by atoms with Crippen LogP contribution >= 0.6 is 11.6 Å². The Morgan fingerprint density at radius 1 is 1.22 bits per heavy atom. The number of ether oxygens (including phenoxy) is 1. The van der Waals surface area contributed by atoms with Crippen molar-refractivity contribution in [1.29, 1.82) is 0 Å². The van der Waals surface area contributed by atoms with E-state index in [0.29, 0.717) is 37.6 Å². The molecule has 0 aromatic heterocycles. The number of halogens is 1. The van der Waals surface area contributed by atoms with Crippen LogP contribution in [-0.4, -0.2) is 40.7 Å². The van der Waals surface area contributed by atoms with E-state index in [1.54, 1.807) is 0 Å². The van der Waals surface area contributed by atoms with Crippen LogP contribution in [0, 0.1) is 17.3 Å². The number of hydrogen-bond acceptors (Lipinski definition) is 4. The number of hydrogen-bond donors (Lipinski definition) is 0. The lowest BCUT2D eigenvalue weighted by molar-refractivity contribution is -0.173. The minimum absolute atomic E-state index is 0.166. The van der Waals surface area contributed by atoms with Gasteiger partial charge in [0.25, 0.3) is 5.91 Å². The molecule has 1 aliphatic heterocycles. The van der Waals surface area contributed by atoms with Crippen molar-refractivity contribution >= 4 is 29.4 Å². The van der Waals surface area contributed by atoms with Crippen LogP contribution in [0.4, 0.5) is 0 Å². The van der Waals surface area contributed by atoms with Gasteiger partial charge >= 0.3 is 5.97 Å². The first-order chi connectivity index (χ1) is 10.9. The second kappa shape index (κ2) is 5.20. The molecule has 0 aromatic carbocycles. The van der Waals surface area contributed by atoms with Gasteiger partial charge in [0, 0.05) is 17.8 Å². The van der Waals surface area contributed by atoms with E-state index in [1.807, 2.05) is 0 Å². The van der Waals surface area contributed by atoms with Gasteiger partial charge in [-0.2, -0.15) is 0 Å². The summed E-state index contributed by atoms with van der Waals surface area (Å²) in [6.45, 7) is 0.117. The van der Waals surface area contributed by atoms with Crippen LogP contribution in [0.2, 0.25) is 0 Å². The zero-order chi connectivity index (χ0) is 16.2. The summed E-state index contributed by atoms with van der Waals surface area (Å²) in [5.74, 6) is 0.178. The van der Waals surface area contributed by atoms with Crippen molar-refractivity contribution in [3.05, 3.63) is 0 Å². The highest BCUT2D eigenvalue weighted by Gasteiger charge is 2.60. The zero-order valence-corrected chi connectivity index (χ0v) is 13.9. The molecule has 1 saturated heterocycles. The Balaban J connectivity index is 1.41. The van der Waals surface area contributed by atoms with E-state index < -0.39 is 11.3 Å². The van der Waals surface area contributed by atoms with Crippen molar-refractivity contribution in [2.24, 2.45) is 17.3 Å². The summed E-state index contributed by atoms with van der Waals surface area (Å²) in [5.41, 5.74) is -0.499. The Hall–Kier alpha value is -1.10. The number of alkyl halides is 1. The highest BCUT2D eigenvalue weighted by atomic mass is 35.5. The number of likely N-dealkylation sites (tertiary alicyclic amines) is 1. The lowest BCUT2D eigenvalue weighted by Gasteiger charge is -2.58. The molecular weight excluding hydrogens is 318 g/mol. The summed E-state index contributed by atoms with van der Waals surface area (Å²) in [6.07, 6.45) is 6.63. The van der Waals surface area contributed by atoms with E-state index >= 15 is 0 Å². The summed E-state index contributed by atoms with van der Waals surface area (Å²) < 4.78 is 5.35. The van der Waals surface area contributed by atoms with Crippen LogP contribution in [0.3, 0.4) is 0 Å². The molecule has 126 valence electrons. The SMILES string of the molecule is O=C1CCCN1C(=O)COC(=O)C12C[C@@H]3C[C@@H](CC(Cl)(C3)C1)C2. The second-order valence-electron chi connectivity index (χ2n) is 8.01. The summed E-state index contributed by atoms with van der Waals surface area (Å²) >= 11 is 6.72. The maximum atomic E-state index is 12.7. The molecule has 4 saturated carbocycles. The number of nitrogens with zero attached hydrogens (tertiary/aromatic N) is 1. The smallest absolute Gasteiger partial charge is 0.312 e. The third-order valence-electron chi connectivity index (χ3n) is 6.12. The van der Waals surface area contributed by atoms with Crippen LogP contribution in [0.1, 0.15) is 51.4 Å². The normalized spacial score (nSPS) is 41.4. The summed E-state index contributed by atoms with van der Waals surface area (Å²) in [7, 11) is 0. The molecule has 0 N–H and O–H groups in total. The predicted octanol–water partition coefficient (Wildman–Crippen LogP) is 2.26. The molecule has 2 unspecified atom stereocenters. The molecular formula is C17H22ClNO4. The average Bonchev–Trinajstić information content (AvgIpc) is 2.88. The molecule has 4 bridgehead atoms. The van der Waals surface area contributed by atoms with E-state index in [-0.39, 0.29) is 23.4 Å². The lowest BCUT2D eigenvalue weighted by Crippen LogP contribution is -2.56. The lowest BCUT2D eigenvalue weighted by atomic mass is 9.49. The molecule has 0 radical (unpaired) electrons. The zero-order valence-electron chi connectivity index (χ0n) is 13.2. The second-order valence-corrected chi connectivity index (χ2v) is 8.81. The summed E-state index contributed by atoms with van der Waals surface area (Å²) in [6, 6.07) is 0. The number of carbonyl (C=O) groups is 3. The Kier molecular flexibility index (Phi) is 3.49. The van der Waals surface area contributed by atoms with E-state index in [1.165, 1.54) is 11.3 Å². The van der Waals surface area contributed by atoms with Crippen LogP contribution in [0.25, 0.3) is 0 Å². The van der Waals surface area contributed by atoms with Gasteiger partial charge in [-0.15, -0.1) is 11.6 Å². The molecule has 4 atom stereocenters. The van der Waals surface area contributed by atoms with E-state index in [4.69, 9.17) is 16.3 Å². The van der Waals surface area contributed by atoms with Crippen molar-refractivity contribution in [2.75, 3.05) is 13.2 Å². The van der Waals surface area contributed by atoms with Gasteiger partial charge in [0.15, 0.2) is 6.61 Å². The third-order valence-corrected chi connectivity index (χ3v) is 6.57. The van der Waals surface area contributed by atoms with E-state index in [9.17, 15) is 14.4 Å². The first-order valence-electron chi connectivity index (χ1n) is 8.59. The Labute approximate surface area is 140 Å². The van der Waals surface area contributed by atoms with Gasteiger partial charge in [-0.05, 0) is 56.8 Å². The largest absolute Gasteiger partial charge is 0.455 e. The number of amides is 2. The van der Waals surface area contributed by atoms with Crippen LogP contribution < -0.4 is 0 Å². The van der Waals surface area contributed by atoms with Crippen LogP contribution in [0.15, 0.2) is 0 Å². The van der Waals surface area contributed by atoms with Gasteiger partial charge in [0.1, 0.15) is 0 Å². The fraction of sp³-hybridized carbons (Fsp3) is 0.824. The van der Waals surface area contributed by atoms with Gasteiger partial charge in [0.2, 0.25) is 5.91 Å². The Morgan fingerprint density at radius 3 is 2.48 bits per heavy atom. The standard InChI is InChI=1S/C17H22ClNO4/c18-17-7-11-4-12(8-17)6-16(5-11,10-17)15(22)23-9-14(21)19-3-1-2-13(19)20/h11-12H,1-10H2/t11-,12+,16?,17?. The maximum Gasteiger partial charge on any atom is 0.312 e. The van der Waals surface area contributed by atoms with Gasteiger partial charge in [-0.25, -0.2) is 0 Å². The van der Waals surface area contributed by atoms with Gasteiger partial charge in [0.05, 0.1) is 5.41 Å². The molecule has 4 aliphatic carbocycles. The van der Waals surface area contributed by atoms with Crippen molar-refractivity contribution in [1.82, 2.24) is 4.90 Å². The molecule has 0 aromatic rings. The highest BCUT2D eigenvalue weighted by molar-refractivity contribution is 6.24. The number of carbonyl (C=O) groups excluding carboxylic acids is 3. The van der Waals surface area contributed by atoms with Crippen molar-refractivity contribution in [2.45, 2.75) is 56.2 Å². The van der Waals surface area contributed by atoms with Gasteiger partial charge in [-0.3, -0.25) is 19.3 Å². The van der Waals surface area contributed by atoms with Gasteiger partial charge in [-0.1, -0.05) is 0 Å². The first-order valence-corrected chi connectivity index (χ1v) is 8.96. The molecule has 6 heteroatoms. The Bertz CT molecular complexity index is 561. The van der Waals surface area contributed by atoms with Crippen LogP contribution in [0.5, 0.6) is 0 Å². The van der Waals surface area contributed by atoms with Crippen molar-refractivity contribution in [3.8, 4) is 0 Å². The van der Waals surface area contributed by atoms with Crippen LogP contribution in [-0.2, 0) is 19.1 Å². The summed E-state index contributed by atoms with van der Waals surface area (Å²) in [5, 5.41) is 0. The quantitative estimate of drug-likeness (QED) is 0.584. The molecule has 23 heavy (non-hydrogen) atoms. The number of rotatable bonds is 3. The first kappa shape index (κ1) is 15.4. The number of esters is 1. The maximum absolute atomic E-state index is 12.7. The van der Waals surface area contributed by atoms with Crippen molar-refractivity contribution in [3.63, 3.8) is 0 Å². The predicted molar refractivity (Wildman–Crippen MR) is 82.6 cm³/mol. The minimum Gasteiger partial charge on any atom is -0.455 e. The van der Waals surface area contributed by atoms with E-state index in [2.05, 4.69) is 0 Å². The average molecular weight is 340 g/mol. The van der Waals surface area contributed by atoms with Crippen molar-refractivity contribution < 1.29 is 19.1 Å². The highest BCUT2D eigenvalue weighted by Crippen LogP contribution is 2.64. The third kappa shape index (κ3) is 2.57. The molecule has 5 aliphatic rings. The topological polar surface area (TPSA) is 63.7 Å². The summed E-state index contributed by atoms with van der Waals surface area (Å²) in [4.78, 5) is 37.3. The fourth-order valence-electron chi connectivity index (χ4n) is 5.66. The monoisotopic (exact) mass is 339 g/mol. The molecule has 5 rings (SSSR count). The number of imide groups is 1. The molecule has 1 heterocycles. The minimum atomic E-state index is -0.499. The Morgan fingerprint density at radius 2 is 1.91 bits per heavy atom. The molecule has 0 spiro atoms. The van der Waals surface area contributed by atoms with Gasteiger partial charge < -0.3 is 4.74 Å². The molecule has 2 amide bonds. The van der Waals surface area contributed by atoms with E-state index in [0.717, 1.165) is 25.7 Å².